The molecule has 1 fully saturated rings. The maximum Gasteiger partial charge on any atom is 0.241 e. The van der Waals surface area contributed by atoms with Crippen molar-refractivity contribution in [1.82, 2.24) is 0 Å². The Hall–Kier alpha value is -1.21. The lowest BCUT2D eigenvalue weighted by atomic mass is 10.1. The summed E-state index contributed by atoms with van der Waals surface area (Å²) in [6.07, 6.45) is 4.27. The van der Waals surface area contributed by atoms with E-state index in [0.29, 0.717) is 12.5 Å². The SMILES string of the molecule is NS(=O)(=O)c1ccc(OCC2CCCC2)c(F)c1F. The van der Waals surface area contributed by atoms with E-state index in [2.05, 4.69) is 0 Å². The van der Waals surface area contributed by atoms with Crippen LogP contribution in [0.15, 0.2) is 17.0 Å². The van der Waals surface area contributed by atoms with Gasteiger partial charge < -0.3 is 4.74 Å². The van der Waals surface area contributed by atoms with Gasteiger partial charge in [-0.2, -0.15) is 4.39 Å². The van der Waals surface area contributed by atoms with Crippen LogP contribution >= 0.6 is 0 Å². The number of sulfonamides is 1. The first kappa shape index (κ1) is 14.2. The summed E-state index contributed by atoms with van der Waals surface area (Å²) in [5.41, 5.74) is 0. The second-order valence-corrected chi connectivity index (χ2v) is 6.23. The fourth-order valence-electron chi connectivity index (χ4n) is 2.23. The minimum absolute atomic E-state index is 0.281. The van der Waals surface area contributed by atoms with Crippen molar-refractivity contribution in [3.8, 4) is 5.75 Å². The van der Waals surface area contributed by atoms with E-state index in [1.54, 1.807) is 0 Å². The van der Waals surface area contributed by atoms with Gasteiger partial charge in [0.25, 0.3) is 0 Å². The number of halogens is 2. The number of hydrogen-bond donors (Lipinski definition) is 1. The van der Waals surface area contributed by atoms with Crippen LogP contribution in [-0.2, 0) is 10.0 Å². The molecule has 0 heterocycles. The summed E-state index contributed by atoms with van der Waals surface area (Å²) >= 11 is 0. The Labute approximate surface area is 110 Å². The first-order valence-corrected chi connectivity index (χ1v) is 7.58. The normalized spacial score (nSPS) is 16.8. The standard InChI is InChI=1S/C12H15F2NO3S/c13-11-9(18-7-8-3-1-2-4-8)5-6-10(12(11)14)19(15,16)17/h5-6,8H,1-4,7H2,(H2,15,16,17). The molecule has 0 unspecified atom stereocenters. The summed E-state index contributed by atoms with van der Waals surface area (Å²) in [6.45, 7) is 0.311. The third kappa shape index (κ3) is 3.22. The van der Waals surface area contributed by atoms with Gasteiger partial charge in [0, 0.05) is 0 Å². The Morgan fingerprint density at radius 1 is 1.21 bits per heavy atom. The highest BCUT2D eigenvalue weighted by Crippen LogP contribution is 2.28. The second-order valence-electron chi connectivity index (χ2n) is 4.70. The summed E-state index contributed by atoms with van der Waals surface area (Å²) in [6, 6.07) is 2.00. The Kier molecular flexibility index (Phi) is 4.05. The Morgan fingerprint density at radius 3 is 2.42 bits per heavy atom. The van der Waals surface area contributed by atoms with Gasteiger partial charge in [0.05, 0.1) is 6.61 Å². The van der Waals surface area contributed by atoms with Crippen molar-refractivity contribution in [2.75, 3.05) is 6.61 Å². The summed E-state index contributed by atoms with van der Waals surface area (Å²) in [7, 11) is -4.27. The van der Waals surface area contributed by atoms with Gasteiger partial charge in [0.2, 0.25) is 15.8 Å². The number of rotatable bonds is 4. The summed E-state index contributed by atoms with van der Waals surface area (Å²) < 4.78 is 54.4. The van der Waals surface area contributed by atoms with Crippen LogP contribution in [0, 0.1) is 17.6 Å². The lowest BCUT2D eigenvalue weighted by molar-refractivity contribution is 0.238. The quantitative estimate of drug-likeness (QED) is 0.924. The van der Waals surface area contributed by atoms with E-state index in [1.165, 1.54) is 0 Å². The van der Waals surface area contributed by atoms with E-state index < -0.39 is 26.6 Å². The van der Waals surface area contributed by atoms with Gasteiger partial charge in [-0.3, -0.25) is 0 Å². The molecule has 1 aromatic rings. The Balaban J connectivity index is 2.16. The first-order valence-electron chi connectivity index (χ1n) is 6.03. The molecule has 106 valence electrons. The van der Waals surface area contributed by atoms with Crippen LogP contribution in [0.4, 0.5) is 8.78 Å². The molecular formula is C12H15F2NO3S. The molecule has 1 saturated carbocycles. The monoisotopic (exact) mass is 291 g/mol. The predicted octanol–water partition coefficient (Wildman–Crippen LogP) is 2.18. The molecule has 0 aromatic heterocycles. The Morgan fingerprint density at radius 2 is 1.84 bits per heavy atom. The van der Waals surface area contributed by atoms with Crippen molar-refractivity contribution in [3.63, 3.8) is 0 Å². The van der Waals surface area contributed by atoms with Crippen LogP contribution in [0.5, 0.6) is 5.75 Å². The molecule has 4 nitrogen and oxygen atoms in total. The molecule has 0 atom stereocenters. The van der Waals surface area contributed by atoms with E-state index in [1.807, 2.05) is 0 Å². The van der Waals surface area contributed by atoms with Gasteiger partial charge >= 0.3 is 0 Å². The number of primary sulfonamides is 1. The zero-order valence-corrected chi connectivity index (χ0v) is 11.1. The van der Waals surface area contributed by atoms with Gasteiger partial charge in [-0.05, 0) is 30.9 Å². The molecule has 2 N–H and O–H groups in total. The number of benzene rings is 1. The van der Waals surface area contributed by atoms with E-state index >= 15 is 0 Å². The fourth-order valence-corrected chi connectivity index (χ4v) is 2.83. The topological polar surface area (TPSA) is 69.4 Å². The minimum Gasteiger partial charge on any atom is -0.490 e. The van der Waals surface area contributed by atoms with Crippen LogP contribution in [0.3, 0.4) is 0 Å². The van der Waals surface area contributed by atoms with Gasteiger partial charge in [0.15, 0.2) is 11.6 Å². The van der Waals surface area contributed by atoms with Crippen molar-refractivity contribution in [3.05, 3.63) is 23.8 Å². The zero-order chi connectivity index (χ0) is 14.0. The van der Waals surface area contributed by atoms with Gasteiger partial charge in [-0.1, -0.05) is 12.8 Å². The highest BCUT2D eigenvalue weighted by molar-refractivity contribution is 7.89. The van der Waals surface area contributed by atoms with Crippen LogP contribution in [-0.4, -0.2) is 15.0 Å². The summed E-state index contributed by atoms with van der Waals surface area (Å²) in [5, 5.41) is 4.77. The summed E-state index contributed by atoms with van der Waals surface area (Å²) in [4.78, 5) is -0.863. The van der Waals surface area contributed by atoms with E-state index in [-0.39, 0.29) is 5.75 Å². The molecule has 1 aliphatic carbocycles. The largest absolute Gasteiger partial charge is 0.490 e. The van der Waals surface area contributed by atoms with E-state index in [9.17, 15) is 17.2 Å². The lowest BCUT2D eigenvalue weighted by Crippen LogP contribution is -2.16. The van der Waals surface area contributed by atoms with Crippen LogP contribution in [0.25, 0.3) is 0 Å². The predicted molar refractivity (Wildman–Crippen MR) is 65.2 cm³/mol. The second kappa shape index (κ2) is 5.42. The van der Waals surface area contributed by atoms with E-state index in [0.717, 1.165) is 37.8 Å². The highest BCUT2D eigenvalue weighted by atomic mass is 32.2. The average Bonchev–Trinajstić information content (AvgIpc) is 2.82. The van der Waals surface area contributed by atoms with Crippen LogP contribution in [0.2, 0.25) is 0 Å². The molecule has 0 aliphatic heterocycles. The third-order valence-electron chi connectivity index (χ3n) is 3.27. The molecular weight excluding hydrogens is 276 g/mol. The molecule has 2 rings (SSSR count). The molecule has 0 amide bonds. The number of hydrogen-bond acceptors (Lipinski definition) is 3. The van der Waals surface area contributed by atoms with Gasteiger partial charge in [-0.15, -0.1) is 0 Å². The maximum absolute atomic E-state index is 13.6. The molecule has 0 spiro atoms. The van der Waals surface area contributed by atoms with Gasteiger partial charge in [-0.25, -0.2) is 17.9 Å². The number of nitrogens with two attached hydrogens (primary N) is 1. The Bertz CT molecular complexity index is 569. The number of ether oxygens (including phenoxy) is 1. The van der Waals surface area contributed by atoms with Crippen molar-refractivity contribution in [2.45, 2.75) is 30.6 Å². The molecule has 19 heavy (non-hydrogen) atoms. The van der Waals surface area contributed by atoms with Crippen molar-refractivity contribution < 1.29 is 21.9 Å². The first-order chi connectivity index (χ1) is 8.89. The van der Waals surface area contributed by atoms with E-state index in [4.69, 9.17) is 9.88 Å². The minimum atomic E-state index is -4.27. The fraction of sp³-hybridized carbons (Fsp3) is 0.500. The molecule has 0 radical (unpaired) electrons. The van der Waals surface area contributed by atoms with Gasteiger partial charge in [0.1, 0.15) is 4.90 Å². The molecule has 1 aromatic carbocycles. The summed E-state index contributed by atoms with van der Waals surface area (Å²) in [5.74, 6) is -2.74. The smallest absolute Gasteiger partial charge is 0.241 e. The molecule has 7 heteroatoms. The highest BCUT2D eigenvalue weighted by Gasteiger charge is 2.22. The van der Waals surface area contributed by atoms with Crippen molar-refractivity contribution in [1.29, 1.82) is 0 Å². The molecule has 1 aliphatic rings. The van der Waals surface area contributed by atoms with Crippen molar-refractivity contribution in [2.24, 2.45) is 11.1 Å². The van der Waals surface area contributed by atoms with Crippen molar-refractivity contribution >= 4 is 10.0 Å². The van der Waals surface area contributed by atoms with Crippen LogP contribution < -0.4 is 9.88 Å². The molecule has 0 saturated heterocycles. The van der Waals surface area contributed by atoms with Crippen LogP contribution in [0.1, 0.15) is 25.7 Å². The average molecular weight is 291 g/mol. The zero-order valence-electron chi connectivity index (χ0n) is 10.2. The molecule has 0 bridgehead atoms. The third-order valence-corrected chi connectivity index (χ3v) is 4.20. The lowest BCUT2D eigenvalue weighted by Gasteiger charge is -2.13. The maximum atomic E-state index is 13.6.